The van der Waals surface area contributed by atoms with Gasteiger partial charge in [-0.1, -0.05) is 30.3 Å². The van der Waals surface area contributed by atoms with E-state index in [1.165, 1.54) is 11.0 Å². The molecule has 1 saturated heterocycles. The average molecular weight is 472 g/mol. The second-order valence-corrected chi connectivity index (χ2v) is 8.05. The van der Waals surface area contributed by atoms with Gasteiger partial charge in [0.05, 0.1) is 12.6 Å². The summed E-state index contributed by atoms with van der Waals surface area (Å²) in [5.74, 6) is -0.947. The zero-order chi connectivity index (χ0) is 24.5. The fourth-order valence-electron chi connectivity index (χ4n) is 3.86. The molecule has 1 aliphatic heterocycles. The first-order valence-electron chi connectivity index (χ1n) is 11.3. The monoisotopic (exact) mass is 471 g/mol. The Morgan fingerprint density at radius 2 is 1.91 bits per heavy atom. The zero-order valence-corrected chi connectivity index (χ0v) is 19.2. The maximum atomic E-state index is 13.9. The molecule has 2 atom stereocenters. The highest BCUT2D eigenvalue weighted by atomic mass is 19.1. The highest BCUT2D eigenvalue weighted by Crippen LogP contribution is 2.20. The van der Waals surface area contributed by atoms with Crippen molar-refractivity contribution in [2.75, 3.05) is 19.8 Å². The van der Waals surface area contributed by atoms with Gasteiger partial charge in [-0.15, -0.1) is 0 Å². The molecule has 3 N–H and O–H groups in total. The molecular formula is C25H30FN3O5. The predicted molar refractivity (Wildman–Crippen MR) is 123 cm³/mol. The summed E-state index contributed by atoms with van der Waals surface area (Å²) in [4.78, 5) is 38.5. The maximum Gasteiger partial charge on any atom is 0.344 e. The van der Waals surface area contributed by atoms with Gasteiger partial charge in [-0.25, -0.2) is 9.18 Å². The van der Waals surface area contributed by atoms with Gasteiger partial charge in [0.1, 0.15) is 17.6 Å². The van der Waals surface area contributed by atoms with E-state index in [1.54, 1.807) is 49.4 Å². The van der Waals surface area contributed by atoms with Gasteiger partial charge in [0.15, 0.2) is 6.61 Å². The number of hydrogen-bond acceptors (Lipinski definition) is 6. The quantitative estimate of drug-likeness (QED) is 0.513. The third-order valence-corrected chi connectivity index (χ3v) is 5.61. The highest BCUT2D eigenvalue weighted by molar-refractivity contribution is 5.90. The molecule has 0 spiro atoms. The third-order valence-electron chi connectivity index (χ3n) is 5.61. The van der Waals surface area contributed by atoms with Crippen molar-refractivity contribution in [3.8, 4) is 5.75 Å². The lowest BCUT2D eigenvalue weighted by Crippen LogP contribution is -2.51. The van der Waals surface area contributed by atoms with Crippen LogP contribution in [0.1, 0.15) is 30.9 Å². The van der Waals surface area contributed by atoms with Crippen LogP contribution in [-0.2, 0) is 32.1 Å². The number of carbonyl (C=O) groups excluding carboxylic acids is 3. The van der Waals surface area contributed by atoms with E-state index in [-0.39, 0.29) is 31.4 Å². The summed E-state index contributed by atoms with van der Waals surface area (Å²) in [5, 5.41) is 2.86. The Kier molecular flexibility index (Phi) is 8.98. The van der Waals surface area contributed by atoms with Crippen molar-refractivity contribution in [2.45, 2.75) is 44.8 Å². The van der Waals surface area contributed by atoms with Crippen LogP contribution < -0.4 is 15.8 Å². The number of nitrogens with two attached hydrogens (primary N) is 1. The second-order valence-electron chi connectivity index (χ2n) is 8.05. The van der Waals surface area contributed by atoms with Gasteiger partial charge in [-0.2, -0.15) is 0 Å². The van der Waals surface area contributed by atoms with Gasteiger partial charge >= 0.3 is 5.97 Å². The topological polar surface area (TPSA) is 111 Å². The Morgan fingerprint density at radius 1 is 1.18 bits per heavy atom. The van der Waals surface area contributed by atoms with E-state index < -0.39 is 23.9 Å². The lowest BCUT2D eigenvalue weighted by Gasteiger charge is -2.27. The van der Waals surface area contributed by atoms with Crippen molar-refractivity contribution >= 4 is 17.8 Å². The number of likely N-dealkylation sites (tertiary alicyclic amines) is 1. The smallest absolute Gasteiger partial charge is 0.344 e. The van der Waals surface area contributed by atoms with Crippen molar-refractivity contribution in [1.29, 1.82) is 0 Å². The van der Waals surface area contributed by atoms with Crippen LogP contribution >= 0.6 is 0 Å². The molecule has 3 rings (SSSR count). The number of esters is 1. The third kappa shape index (κ3) is 6.77. The lowest BCUT2D eigenvalue weighted by molar-refractivity contribution is -0.145. The standard InChI is InChI=1S/C25H30FN3O5/c1-2-33-23(30)16-34-19-11-9-17(10-12-19)15-28-24(31)22-8-5-13-29(22)25(32)21(27)14-18-6-3-4-7-20(18)26/h3-4,6-7,9-12,21-22H,2,5,8,13-16,27H2,1H3,(H,28,31)/t21-,22-/m0/s1. The molecule has 9 heteroatoms. The van der Waals surface area contributed by atoms with Crippen LogP contribution in [0.2, 0.25) is 0 Å². The summed E-state index contributed by atoms with van der Waals surface area (Å²) in [5.41, 5.74) is 7.28. The first-order valence-corrected chi connectivity index (χ1v) is 11.3. The number of hydrogen-bond donors (Lipinski definition) is 2. The summed E-state index contributed by atoms with van der Waals surface area (Å²) in [6.45, 7) is 2.56. The van der Waals surface area contributed by atoms with Crippen LogP contribution in [-0.4, -0.2) is 54.5 Å². The molecule has 34 heavy (non-hydrogen) atoms. The van der Waals surface area contributed by atoms with E-state index >= 15 is 0 Å². The van der Waals surface area contributed by atoms with E-state index in [4.69, 9.17) is 15.2 Å². The number of halogens is 1. The van der Waals surface area contributed by atoms with E-state index in [0.717, 1.165) is 5.56 Å². The highest BCUT2D eigenvalue weighted by Gasteiger charge is 2.36. The molecule has 2 aromatic carbocycles. The Hall–Kier alpha value is -3.46. The van der Waals surface area contributed by atoms with Gasteiger partial charge < -0.3 is 25.4 Å². The molecule has 1 fully saturated rings. The van der Waals surface area contributed by atoms with E-state index in [0.29, 0.717) is 37.3 Å². The van der Waals surface area contributed by atoms with Crippen LogP contribution in [0.25, 0.3) is 0 Å². The number of nitrogens with zero attached hydrogens (tertiary/aromatic N) is 1. The number of rotatable bonds is 10. The second kappa shape index (κ2) is 12.1. The van der Waals surface area contributed by atoms with Gasteiger partial charge in [0.2, 0.25) is 11.8 Å². The van der Waals surface area contributed by atoms with Gasteiger partial charge in [-0.05, 0) is 55.5 Å². The van der Waals surface area contributed by atoms with Gasteiger partial charge in [0, 0.05) is 13.1 Å². The molecule has 0 aromatic heterocycles. The Morgan fingerprint density at radius 3 is 2.62 bits per heavy atom. The molecule has 0 bridgehead atoms. The Labute approximate surface area is 198 Å². The van der Waals surface area contributed by atoms with Crippen LogP contribution in [0.5, 0.6) is 5.75 Å². The molecule has 0 radical (unpaired) electrons. The van der Waals surface area contributed by atoms with Crippen LogP contribution in [0.4, 0.5) is 4.39 Å². The molecule has 8 nitrogen and oxygen atoms in total. The van der Waals surface area contributed by atoms with Gasteiger partial charge in [-0.3, -0.25) is 9.59 Å². The summed E-state index contributed by atoms with van der Waals surface area (Å²) in [7, 11) is 0. The molecule has 0 aliphatic carbocycles. The number of carbonyl (C=O) groups is 3. The molecular weight excluding hydrogens is 441 g/mol. The fourth-order valence-corrected chi connectivity index (χ4v) is 3.86. The number of nitrogens with one attached hydrogen (secondary N) is 1. The average Bonchev–Trinajstić information content (AvgIpc) is 3.33. The molecule has 0 unspecified atom stereocenters. The fraction of sp³-hybridized carbons (Fsp3) is 0.400. The molecule has 0 saturated carbocycles. The van der Waals surface area contributed by atoms with Crippen molar-refractivity contribution in [3.63, 3.8) is 0 Å². The Balaban J connectivity index is 1.50. The Bertz CT molecular complexity index is 998. The van der Waals surface area contributed by atoms with Crippen molar-refractivity contribution in [2.24, 2.45) is 5.73 Å². The van der Waals surface area contributed by atoms with Crippen molar-refractivity contribution < 1.29 is 28.2 Å². The van der Waals surface area contributed by atoms with Crippen molar-refractivity contribution in [1.82, 2.24) is 10.2 Å². The normalized spacial score (nSPS) is 16.1. The van der Waals surface area contributed by atoms with E-state index in [9.17, 15) is 18.8 Å². The SMILES string of the molecule is CCOC(=O)COc1ccc(CNC(=O)[C@@H]2CCCN2C(=O)[C@@H](N)Cc2ccccc2F)cc1. The van der Waals surface area contributed by atoms with Crippen LogP contribution in [0, 0.1) is 5.82 Å². The van der Waals surface area contributed by atoms with E-state index in [1.807, 2.05) is 0 Å². The molecule has 182 valence electrons. The summed E-state index contributed by atoms with van der Waals surface area (Å²) in [6.07, 6.45) is 1.31. The molecule has 1 heterocycles. The lowest BCUT2D eigenvalue weighted by atomic mass is 10.0. The minimum absolute atomic E-state index is 0.0704. The predicted octanol–water partition coefficient (Wildman–Crippen LogP) is 1.94. The molecule has 2 amide bonds. The zero-order valence-electron chi connectivity index (χ0n) is 19.2. The van der Waals surface area contributed by atoms with Crippen LogP contribution in [0.3, 0.4) is 0 Å². The number of benzene rings is 2. The van der Waals surface area contributed by atoms with Crippen LogP contribution in [0.15, 0.2) is 48.5 Å². The number of amides is 2. The summed E-state index contributed by atoms with van der Waals surface area (Å²) < 4.78 is 24.1. The molecule has 2 aromatic rings. The minimum Gasteiger partial charge on any atom is -0.482 e. The minimum atomic E-state index is -0.924. The van der Waals surface area contributed by atoms with Gasteiger partial charge in [0.25, 0.3) is 0 Å². The maximum absolute atomic E-state index is 13.9. The molecule has 1 aliphatic rings. The number of ether oxygens (including phenoxy) is 2. The largest absolute Gasteiger partial charge is 0.482 e. The van der Waals surface area contributed by atoms with E-state index in [2.05, 4.69) is 5.32 Å². The summed E-state index contributed by atoms with van der Waals surface area (Å²) in [6, 6.07) is 11.6. The first-order chi connectivity index (χ1) is 16.4. The van der Waals surface area contributed by atoms with Crippen molar-refractivity contribution in [3.05, 3.63) is 65.5 Å². The summed E-state index contributed by atoms with van der Waals surface area (Å²) >= 11 is 0. The first kappa shape index (κ1) is 25.2.